The van der Waals surface area contributed by atoms with Crippen molar-refractivity contribution in [1.29, 1.82) is 0 Å². The molecule has 0 saturated heterocycles. The van der Waals surface area contributed by atoms with Crippen molar-refractivity contribution in [2.75, 3.05) is 6.54 Å². The second-order valence-electron chi connectivity index (χ2n) is 8.20. The summed E-state index contributed by atoms with van der Waals surface area (Å²) in [5.74, 6) is -1.55. The zero-order valence-electron chi connectivity index (χ0n) is 19.1. The number of hydrogen-bond acceptors (Lipinski definition) is 3. The third-order valence-electron chi connectivity index (χ3n) is 5.78. The number of hydrogen-bond donors (Lipinski definition) is 0. The molecule has 1 aromatic heterocycles. The number of amides is 1. The molecule has 176 valence electrons. The van der Waals surface area contributed by atoms with Gasteiger partial charge >= 0.3 is 0 Å². The van der Waals surface area contributed by atoms with E-state index in [1.807, 2.05) is 60.7 Å². The summed E-state index contributed by atoms with van der Waals surface area (Å²) < 4.78 is 14.6. The van der Waals surface area contributed by atoms with Crippen molar-refractivity contribution in [2.45, 2.75) is 19.0 Å². The van der Waals surface area contributed by atoms with Crippen LogP contribution in [0.15, 0.2) is 114 Å². The van der Waals surface area contributed by atoms with Crippen LogP contribution < -0.4 is 5.56 Å². The maximum Gasteiger partial charge on any atom is 0.254 e. The van der Waals surface area contributed by atoms with Crippen molar-refractivity contribution in [3.63, 3.8) is 0 Å². The van der Waals surface area contributed by atoms with Gasteiger partial charge in [-0.1, -0.05) is 66.7 Å². The molecule has 1 amide bonds. The topological polar surface area (TPSA) is 59.4 Å². The quantitative estimate of drug-likeness (QED) is 0.265. The molecule has 1 heterocycles. The molecule has 5 nitrogen and oxygen atoms in total. The van der Waals surface area contributed by atoms with E-state index in [0.717, 1.165) is 15.7 Å². The average Bonchev–Trinajstić information content (AvgIpc) is 2.89. The summed E-state index contributed by atoms with van der Waals surface area (Å²) in [5.41, 5.74) is 1.64. The molecule has 0 spiro atoms. The van der Waals surface area contributed by atoms with Gasteiger partial charge in [0.15, 0.2) is 11.8 Å². The normalized spacial score (nSPS) is 11.6. The molecule has 0 aliphatic rings. The highest BCUT2D eigenvalue weighted by molar-refractivity contribution is 6.11. The average molecular weight is 469 g/mol. The fourth-order valence-corrected chi connectivity index (χ4v) is 3.94. The van der Waals surface area contributed by atoms with Gasteiger partial charge in [-0.2, -0.15) is 0 Å². The molecule has 0 aliphatic heterocycles. The number of nitrogens with zero attached hydrogens (tertiary/aromatic N) is 2. The van der Waals surface area contributed by atoms with E-state index in [4.69, 9.17) is 0 Å². The van der Waals surface area contributed by atoms with Crippen LogP contribution in [0.3, 0.4) is 0 Å². The molecule has 0 bridgehead atoms. The zero-order valence-corrected chi connectivity index (χ0v) is 19.1. The van der Waals surface area contributed by atoms with E-state index in [1.165, 1.54) is 36.5 Å². The minimum atomic E-state index is -1.41. The van der Waals surface area contributed by atoms with E-state index in [9.17, 15) is 18.8 Å². The van der Waals surface area contributed by atoms with E-state index in [-0.39, 0.29) is 12.1 Å². The van der Waals surface area contributed by atoms with Crippen molar-refractivity contribution in [3.05, 3.63) is 142 Å². The van der Waals surface area contributed by atoms with E-state index in [0.29, 0.717) is 13.0 Å². The molecule has 1 atom stereocenters. The standard InChI is InChI=1S/C29H25FN2O3/c30-25-16-14-24(15-17-25)28(34)27(32-19-8-7-13-26(32)33)29(35)31(21-23-11-5-2-6-12-23)20-18-22-9-3-1-4-10-22/h1-17,19,27H,18,20-21H2. The number of Topliss-reactive ketones (excluding diaryl/α,β-unsaturated/α-hetero) is 1. The summed E-state index contributed by atoms with van der Waals surface area (Å²) >= 11 is 0. The van der Waals surface area contributed by atoms with Crippen LogP contribution in [0.2, 0.25) is 0 Å². The predicted molar refractivity (Wildman–Crippen MR) is 132 cm³/mol. The molecule has 0 saturated carbocycles. The fraction of sp³-hybridized carbons (Fsp3) is 0.138. The van der Waals surface area contributed by atoms with Crippen LogP contribution in [0.1, 0.15) is 27.5 Å². The van der Waals surface area contributed by atoms with Crippen LogP contribution in [0.25, 0.3) is 0 Å². The van der Waals surface area contributed by atoms with E-state index in [1.54, 1.807) is 17.0 Å². The zero-order chi connectivity index (χ0) is 24.6. The van der Waals surface area contributed by atoms with Gasteiger partial charge in [0, 0.05) is 30.9 Å². The molecule has 6 heteroatoms. The van der Waals surface area contributed by atoms with Crippen molar-refractivity contribution >= 4 is 11.7 Å². The van der Waals surface area contributed by atoms with Crippen molar-refractivity contribution in [2.24, 2.45) is 0 Å². The number of rotatable bonds is 9. The number of halogens is 1. The van der Waals surface area contributed by atoms with Gasteiger partial charge in [0.05, 0.1) is 0 Å². The first kappa shape index (κ1) is 23.8. The molecule has 4 aromatic rings. The Kier molecular flexibility index (Phi) is 7.63. The lowest BCUT2D eigenvalue weighted by Gasteiger charge is -2.28. The van der Waals surface area contributed by atoms with Crippen LogP contribution in [-0.4, -0.2) is 27.7 Å². The van der Waals surface area contributed by atoms with Gasteiger partial charge in [0.1, 0.15) is 5.82 Å². The van der Waals surface area contributed by atoms with Crippen LogP contribution in [0, 0.1) is 5.82 Å². The lowest BCUT2D eigenvalue weighted by atomic mass is 10.0. The van der Waals surface area contributed by atoms with Crippen LogP contribution >= 0.6 is 0 Å². The van der Waals surface area contributed by atoms with Crippen LogP contribution in [0.5, 0.6) is 0 Å². The molecule has 0 N–H and O–H groups in total. The first-order chi connectivity index (χ1) is 17.0. The van der Waals surface area contributed by atoms with Crippen molar-refractivity contribution in [1.82, 2.24) is 9.47 Å². The van der Waals surface area contributed by atoms with Gasteiger partial charge in [0.2, 0.25) is 0 Å². The fourth-order valence-electron chi connectivity index (χ4n) is 3.94. The second kappa shape index (κ2) is 11.2. The molecule has 0 fully saturated rings. The number of carbonyl (C=O) groups is 2. The highest BCUT2D eigenvalue weighted by atomic mass is 19.1. The van der Waals surface area contributed by atoms with Crippen LogP contribution in [0.4, 0.5) is 4.39 Å². The Hall–Kier alpha value is -4.32. The lowest BCUT2D eigenvalue weighted by molar-refractivity contribution is -0.134. The summed E-state index contributed by atoms with van der Waals surface area (Å²) in [6.07, 6.45) is 2.02. The first-order valence-corrected chi connectivity index (χ1v) is 11.4. The summed E-state index contributed by atoms with van der Waals surface area (Å²) in [6.45, 7) is 0.633. The molecule has 0 radical (unpaired) electrons. The minimum Gasteiger partial charge on any atom is -0.336 e. The van der Waals surface area contributed by atoms with E-state index < -0.39 is 29.1 Å². The van der Waals surface area contributed by atoms with Crippen LogP contribution in [-0.2, 0) is 17.8 Å². The molecule has 3 aromatic carbocycles. The maximum atomic E-state index is 14.0. The van der Waals surface area contributed by atoms with Gasteiger partial charge in [-0.25, -0.2) is 4.39 Å². The monoisotopic (exact) mass is 468 g/mol. The van der Waals surface area contributed by atoms with Gasteiger partial charge < -0.3 is 4.90 Å². The summed E-state index contributed by atoms with van der Waals surface area (Å²) in [5, 5.41) is 0. The second-order valence-corrected chi connectivity index (χ2v) is 8.20. The van der Waals surface area contributed by atoms with E-state index in [2.05, 4.69) is 0 Å². The largest absolute Gasteiger partial charge is 0.336 e. The van der Waals surface area contributed by atoms with Crippen molar-refractivity contribution < 1.29 is 14.0 Å². The van der Waals surface area contributed by atoms with Gasteiger partial charge in [0.25, 0.3) is 11.5 Å². The number of pyridine rings is 1. The Morgan fingerprint density at radius 1 is 0.771 bits per heavy atom. The summed E-state index contributed by atoms with van der Waals surface area (Å²) in [7, 11) is 0. The lowest BCUT2D eigenvalue weighted by Crippen LogP contribution is -2.44. The Morgan fingerprint density at radius 2 is 1.37 bits per heavy atom. The molecule has 35 heavy (non-hydrogen) atoms. The predicted octanol–water partition coefficient (Wildman–Crippen LogP) is 4.68. The highest BCUT2D eigenvalue weighted by Crippen LogP contribution is 2.19. The number of aromatic nitrogens is 1. The Balaban J connectivity index is 1.71. The molecule has 4 rings (SSSR count). The first-order valence-electron chi connectivity index (χ1n) is 11.4. The molecule has 1 unspecified atom stereocenters. The third-order valence-corrected chi connectivity index (χ3v) is 5.78. The Bertz CT molecular complexity index is 1340. The highest BCUT2D eigenvalue weighted by Gasteiger charge is 2.33. The number of ketones is 1. The van der Waals surface area contributed by atoms with Crippen molar-refractivity contribution in [3.8, 4) is 0 Å². The molecular formula is C29H25FN2O3. The maximum absolute atomic E-state index is 14.0. The minimum absolute atomic E-state index is 0.156. The SMILES string of the molecule is O=C(c1ccc(F)cc1)C(C(=O)N(CCc1ccccc1)Cc1ccccc1)n1ccccc1=O. The van der Waals surface area contributed by atoms with E-state index >= 15 is 0 Å². The Labute approximate surface area is 203 Å². The van der Waals surface area contributed by atoms with Gasteiger partial charge in [-0.3, -0.25) is 19.0 Å². The van der Waals surface area contributed by atoms with Gasteiger partial charge in [-0.05, 0) is 47.9 Å². The molecular weight excluding hydrogens is 443 g/mol. The summed E-state index contributed by atoms with van der Waals surface area (Å²) in [6, 6.07) is 27.3. The Morgan fingerprint density at radius 3 is 2.00 bits per heavy atom. The number of carbonyl (C=O) groups excluding carboxylic acids is 2. The summed E-state index contributed by atoms with van der Waals surface area (Å²) in [4.78, 5) is 41.8. The number of benzene rings is 3. The smallest absolute Gasteiger partial charge is 0.254 e. The third kappa shape index (κ3) is 5.98. The van der Waals surface area contributed by atoms with Gasteiger partial charge in [-0.15, -0.1) is 0 Å². The molecule has 0 aliphatic carbocycles.